The van der Waals surface area contributed by atoms with Gasteiger partial charge in [0.2, 0.25) is 5.82 Å². The Morgan fingerprint density at radius 1 is 1.57 bits per heavy atom. The molecule has 1 N–H and O–H groups in total. The first-order chi connectivity index (χ1) is 6.83. The van der Waals surface area contributed by atoms with Gasteiger partial charge in [0.05, 0.1) is 0 Å². The molecule has 2 heterocycles. The Morgan fingerprint density at radius 2 is 2.43 bits per heavy atom. The molecule has 1 aromatic heterocycles. The molecule has 1 aliphatic heterocycles. The van der Waals surface area contributed by atoms with Gasteiger partial charge in [0.15, 0.2) is 5.94 Å². The molecule has 0 aliphatic carbocycles. The van der Waals surface area contributed by atoms with Gasteiger partial charge >= 0.3 is 6.03 Å². The lowest BCUT2D eigenvalue weighted by molar-refractivity contribution is 0.226. The largest absolute Gasteiger partial charge is 0.339 e. The van der Waals surface area contributed by atoms with Crippen LogP contribution in [0.3, 0.4) is 0 Å². The minimum Gasteiger partial charge on any atom is -0.337 e. The Hall–Kier alpha value is -2.33. The van der Waals surface area contributed by atoms with Crippen LogP contribution in [0.2, 0.25) is 0 Å². The van der Waals surface area contributed by atoms with Gasteiger partial charge < -0.3 is 5.32 Å². The van der Waals surface area contributed by atoms with E-state index in [9.17, 15) is 9.59 Å². The number of carbonyl (C=O) groups excluding carboxylic acids is 2. The van der Waals surface area contributed by atoms with Crippen molar-refractivity contribution in [2.75, 3.05) is 0 Å². The Kier molecular flexibility index (Phi) is 1.89. The monoisotopic (exact) mass is 190 g/mol. The Labute approximate surface area is 79.1 Å². The second-order valence-corrected chi connectivity index (χ2v) is 2.53. The summed E-state index contributed by atoms with van der Waals surface area (Å²) in [5, 5.41) is 2.58. The maximum Gasteiger partial charge on any atom is 0.339 e. The lowest BCUT2D eigenvalue weighted by Crippen LogP contribution is -2.29. The van der Waals surface area contributed by atoms with Gasteiger partial charge in [-0.15, -0.1) is 0 Å². The number of hydrogen-bond acceptors (Lipinski definition) is 4. The summed E-state index contributed by atoms with van der Waals surface area (Å²) in [7, 11) is 0. The number of imidazole rings is 1. The number of nitrogens with zero attached hydrogens (tertiary/aromatic N) is 3. The molecule has 0 aromatic carbocycles. The van der Waals surface area contributed by atoms with Crippen molar-refractivity contribution in [2.24, 2.45) is 0 Å². The second kappa shape index (κ2) is 3.20. The number of carbonyl (C=O) groups is 1. The van der Waals surface area contributed by atoms with Gasteiger partial charge in [-0.2, -0.15) is 0 Å². The van der Waals surface area contributed by atoms with E-state index in [-0.39, 0.29) is 11.9 Å². The van der Waals surface area contributed by atoms with Gasteiger partial charge in [0.1, 0.15) is 6.33 Å². The van der Waals surface area contributed by atoms with Crippen LogP contribution in [0.15, 0.2) is 36.9 Å². The molecule has 1 aromatic rings. The molecule has 2 rings (SSSR count). The van der Waals surface area contributed by atoms with Gasteiger partial charge in [-0.1, -0.05) is 0 Å². The van der Waals surface area contributed by atoms with E-state index in [4.69, 9.17) is 0 Å². The van der Waals surface area contributed by atoms with Crippen molar-refractivity contribution in [3.8, 4) is 0 Å². The van der Waals surface area contributed by atoms with E-state index in [1.807, 2.05) is 0 Å². The summed E-state index contributed by atoms with van der Waals surface area (Å²) in [5.41, 5.74) is 0. The van der Waals surface area contributed by atoms with E-state index in [1.54, 1.807) is 5.94 Å². The Morgan fingerprint density at radius 3 is 3.07 bits per heavy atom. The van der Waals surface area contributed by atoms with E-state index in [0.717, 1.165) is 4.90 Å². The lowest BCUT2D eigenvalue weighted by atomic mass is 10.6. The summed E-state index contributed by atoms with van der Waals surface area (Å²) in [6.45, 7) is 0. The fraction of sp³-hybridized carbons (Fsp3) is 0. The number of amides is 1. The summed E-state index contributed by atoms with van der Waals surface area (Å²) >= 11 is 0. The van der Waals surface area contributed by atoms with Crippen molar-refractivity contribution < 1.29 is 9.59 Å². The molecule has 0 unspecified atom stereocenters. The normalized spacial score (nSPS) is 14.0. The van der Waals surface area contributed by atoms with E-state index in [0.29, 0.717) is 0 Å². The van der Waals surface area contributed by atoms with Crippen molar-refractivity contribution >= 4 is 12.0 Å². The molecule has 6 heteroatoms. The molecule has 0 bridgehead atoms. The molecule has 0 atom stereocenters. The molecule has 6 nitrogen and oxygen atoms in total. The predicted octanol–water partition coefficient (Wildman–Crippen LogP) is -0.0994. The zero-order valence-electron chi connectivity index (χ0n) is 7.04. The number of rotatable bonds is 0. The first-order valence-corrected chi connectivity index (χ1v) is 3.83. The second-order valence-electron chi connectivity index (χ2n) is 2.53. The summed E-state index contributed by atoms with van der Waals surface area (Å²) in [4.78, 5) is 26.9. The van der Waals surface area contributed by atoms with Crippen LogP contribution in [0.5, 0.6) is 0 Å². The molecule has 0 saturated carbocycles. The average molecular weight is 190 g/mol. The molecular weight excluding hydrogens is 184 g/mol. The molecule has 1 aliphatic rings. The Balaban J connectivity index is 2.28. The highest BCUT2D eigenvalue weighted by atomic mass is 16.2. The van der Waals surface area contributed by atoms with Crippen LogP contribution in [0.1, 0.15) is 0 Å². The maximum atomic E-state index is 11.6. The smallest absolute Gasteiger partial charge is 0.337 e. The fourth-order valence-electron chi connectivity index (χ4n) is 1.07. The summed E-state index contributed by atoms with van der Waals surface area (Å²) < 4.78 is 1.26. The van der Waals surface area contributed by atoms with Crippen molar-refractivity contribution in [3.05, 3.63) is 36.9 Å². The maximum absolute atomic E-state index is 11.6. The molecular formula is C8H6N4O2. The van der Waals surface area contributed by atoms with Crippen LogP contribution < -0.4 is 5.32 Å². The lowest BCUT2D eigenvalue weighted by Gasteiger charge is -2.12. The van der Waals surface area contributed by atoms with Gasteiger partial charge in [-0.25, -0.2) is 19.5 Å². The molecule has 0 radical (unpaired) electrons. The molecule has 0 saturated heterocycles. The quantitative estimate of drug-likeness (QED) is 0.580. The third-order valence-corrected chi connectivity index (χ3v) is 1.71. The first kappa shape index (κ1) is 8.28. The SMILES string of the molecule is O=C=C1NC=CN1C(=O)n1ccnc1. The van der Waals surface area contributed by atoms with Crippen molar-refractivity contribution in [1.29, 1.82) is 0 Å². The van der Waals surface area contributed by atoms with Crippen LogP contribution >= 0.6 is 0 Å². The van der Waals surface area contributed by atoms with Crippen LogP contribution in [0, 0.1) is 0 Å². The number of hydrogen-bond donors (Lipinski definition) is 1. The van der Waals surface area contributed by atoms with Gasteiger partial charge in [0, 0.05) is 24.8 Å². The predicted molar refractivity (Wildman–Crippen MR) is 46.3 cm³/mol. The zero-order valence-corrected chi connectivity index (χ0v) is 7.04. The summed E-state index contributed by atoms with van der Waals surface area (Å²) in [6, 6.07) is -0.387. The van der Waals surface area contributed by atoms with Gasteiger partial charge in [0.25, 0.3) is 0 Å². The zero-order chi connectivity index (χ0) is 9.97. The van der Waals surface area contributed by atoms with Gasteiger partial charge in [-0.05, 0) is 0 Å². The minimum absolute atomic E-state index is 0.0729. The van der Waals surface area contributed by atoms with E-state index >= 15 is 0 Å². The van der Waals surface area contributed by atoms with E-state index in [2.05, 4.69) is 10.3 Å². The number of aromatic nitrogens is 2. The van der Waals surface area contributed by atoms with Crippen LogP contribution in [-0.4, -0.2) is 26.4 Å². The minimum atomic E-state index is -0.387. The molecule has 14 heavy (non-hydrogen) atoms. The summed E-state index contributed by atoms with van der Waals surface area (Å²) in [5.74, 6) is 1.69. The number of nitrogens with one attached hydrogen (secondary N) is 1. The van der Waals surface area contributed by atoms with E-state index < -0.39 is 0 Å². The molecule has 0 fully saturated rings. The summed E-state index contributed by atoms with van der Waals surface area (Å²) in [6.07, 6.45) is 7.26. The average Bonchev–Trinajstić information content (AvgIpc) is 2.87. The highest BCUT2D eigenvalue weighted by Gasteiger charge is 2.20. The van der Waals surface area contributed by atoms with Crippen LogP contribution in [0.25, 0.3) is 0 Å². The first-order valence-electron chi connectivity index (χ1n) is 3.83. The van der Waals surface area contributed by atoms with E-state index in [1.165, 1.54) is 35.7 Å². The van der Waals surface area contributed by atoms with Crippen LogP contribution in [0.4, 0.5) is 4.79 Å². The van der Waals surface area contributed by atoms with Gasteiger partial charge in [-0.3, -0.25) is 4.57 Å². The third-order valence-electron chi connectivity index (χ3n) is 1.71. The topological polar surface area (TPSA) is 67.2 Å². The van der Waals surface area contributed by atoms with Crippen molar-refractivity contribution in [1.82, 2.24) is 19.8 Å². The van der Waals surface area contributed by atoms with Crippen LogP contribution in [-0.2, 0) is 4.79 Å². The highest BCUT2D eigenvalue weighted by molar-refractivity contribution is 5.82. The molecule has 70 valence electrons. The standard InChI is InChI=1S/C8H6N4O2/c13-5-7-10-2-4-12(7)8(14)11-3-1-9-6-11/h1-4,6,10H. The highest BCUT2D eigenvalue weighted by Crippen LogP contribution is 2.07. The fourth-order valence-corrected chi connectivity index (χ4v) is 1.07. The molecule has 0 spiro atoms. The van der Waals surface area contributed by atoms with Crippen molar-refractivity contribution in [3.63, 3.8) is 0 Å². The third kappa shape index (κ3) is 1.19. The molecule has 1 amide bonds. The Bertz CT molecular complexity index is 428. The van der Waals surface area contributed by atoms with Crippen molar-refractivity contribution in [2.45, 2.75) is 0 Å².